The Morgan fingerprint density at radius 1 is 1.44 bits per heavy atom. The number of likely N-dealkylation sites (N-methyl/N-ethyl adjacent to an activating group) is 1. The van der Waals surface area contributed by atoms with Gasteiger partial charge in [-0.15, -0.1) is 0 Å². The molecule has 1 saturated heterocycles. The van der Waals surface area contributed by atoms with Crippen molar-refractivity contribution in [1.82, 2.24) is 10.2 Å². The topological polar surface area (TPSA) is 52.6 Å². The van der Waals surface area contributed by atoms with Crippen molar-refractivity contribution in [1.29, 1.82) is 0 Å². The monoisotopic (exact) mass is 228 g/mol. The summed E-state index contributed by atoms with van der Waals surface area (Å²) in [5.41, 5.74) is 0.424. The second-order valence-electron chi connectivity index (χ2n) is 5.41. The highest BCUT2D eigenvalue weighted by Crippen LogP contribution is 2.29. The molecule has 4 nitrogen and oxygen atoms in total. The minimum atomic E-state index is -0.744. The Hall–Kier alpha value is -0.610. The van der Waals surface area contributed by atoms with Gasteiger partial charge in [-0.3, -0.25) is 4.79 Å². The van der Waals surface area contributed by atoms with Crippen molar-refractivity contribution in [3.8, 4) is 0 Å². The lowest BCUT2D eigenvalue weighted by atomic mass is 9.82. The summed E-state index contributed by atoms with van der Waals surface area (Å²) in [5.74, 6) is -0.744. The second-order valence-corrected chi connectivity index (χ2v) is 5.41. The van der Waals surface area contributed by atoms with Gasteiger partial charge >= 0.3 is 5.97 Å². The maximum absolute atomic E-state index is 11.0. The van der Waals surface area contributed by atoms with Crippen LogP contribution >= 0.6 is 0 Å². The molecule has 94 valence electrons. The van der Waals surface area contributed by atoms with E-state index < -0.39 is 12.0 Å². The first-order valence-electron chi connectivity index (χ1n) is 6.13. The van der Waals surface area contributed by atoms with Crippen molar-refractivity contribution in [2.24, 2.45) is 5.41 Å². The Morgan fingerprint density at radius 2 is 2.00 bits per heavy atom. The molecule has 0 aromatic heterocycles. The van der Waals surface area contributed by atoms with Crippen molar-refractivity contribution in [2.45, 2.75) is 39.7 Å². The smallest absolute Gasteiger partial charge is 0.322 e. The lowest BCUT2D eigenvalue weighted by molar-refractivity contribution is -0.140. The summed E-state index contributed by atoms with van der Waals surface area (Å²) in [6.07, 6.45) is 2.32. The van der Waals surface area contributed by atoms with E-state index in [0.29, 0.717) is 18.5 Å². The Balaban J connectivity index is 2.39. The molecule has 0 aromatic carbocycles. The fraction of sp³-hybridized carbons (Fsp3) is 0.917. The number of carboxylic acid groups (broad SMARTS) is 1. The number of aliphatic carboxylic acids is 1. The molecular formula is C12H24N2O2. The van der Waals surface area contributed by atoms with E-state index in [0.717, 1.165) is 25.9 Å². The van der Waals surface area contributed by atoms with Gasteiger partial charge in [-0.2, -0.15) is 0 Å². The molecule has 0 bridgehead atoms. The van der Waals surface area contributed by atoms with Gasteiger partial charge in [-0.1, -0.05) is 20.8 Å². The highest BCUT2D eigenvalue weighted by molar-refractivity contribution is 5.73. The lowest BCUT2D eigenvalue weighted by Gasteiger charge is -2.37. The molecule has 1 heterocycles. The number of carboxylic acids is 1. The van der Waals surface area contributed by atoms with Gasteiger partial charge in [0.15, 0.2) is 0 Å². The Bertz CT molecular complexity index is 231. The lowest BCUT2D eigenvalue weighted by Crippen LogP contribution is -2.49. The van der Waals surface area contributed by atoms with E-state index in [9.17, 15) is 4.79 Å². The van der Waals surface area contributed by atoms with Crippen LogP contribution in [0, 0.1) is 5.41 Å². The molecule has 4 heteroatoms. The fourth-order valence-electron chi connectivity index (χ4n) is 2.08. The first-order valence-corrected chi connectivity index (χ1v) is 6.13. The third-order valence-corrected chi connectivity index (χ3v) is 3.40. The average Bonchev–Trinajstić information content (AvgIpc) is 2.20. The van der Waals surface area contributed by atoms with E-state index in [-0.39, 0.29) is 0 Å². The number of nitrogens with zero attached hydrogens (tertiary/aromatic N) is 1. The van der Waals surface area contributed by atoms with E-state index in [1.807, 2.05) is 6.92 Å². The summed E-state index contributed by atoms with van der Waals surface area (Å²) < 4.78 is 0. The third-order valence-electron chi connectivity index (χ3n) is 3.40. The molecule has 1 rings (SSSR count). The van der Waals surface area contributed by atoms with Crippen LogP contribution in [0.1, 0.15) is 33.6 Å². The number of hydrogen-bond donors (Lipinski definition) is 2. The van der Waals surface area contributed by atoms with Gasteiger partial charge < -0.3 is 15.3 Å². The molecule has 0 saturated carbocycles. The van der Waals surface area contributed by atoms with E-state index in [4.69, 9.17) is 5.11 Å². The van der Waals surface area contributed by atoms with Crippen LogP contribution in [0.5, 0.6) is 0 Å². The molecule has 16 heavy (non-hydrogen) atoms. The largest absolute Gasteiger partial charge is 0.480 e. The van der Waals surface area contributed by atoms with Crippen molar-refractivity contribution >= 4 is 5.97 Å². The van der Waals surface area contributed by atoms with Crippen molar-refractivity contribution in [2.75, 3.05) is 26.2 Å². The molecule has 1 fully saturated rings. The number of hydrogen-bond acceptors (Lipinski definition) is 3. The van der Waals surface area contributed by atoms with Gasteiger partial charge in [-0.25, -0.2) is 0 Å². The minimum Gasteiger partial charge on any atom is -0.480 e. The van der Waals surface area contributed by atoms with Crippen LogP contribution in [0.25, 0.3) is 0 Å². The molecule has 1 aliphatic rings. The second kappa shape index (κ2) is 5.64. The maximum atomic E-state index is 11.0. The van der Waals surface area contributed by atoms with E-state index in [2.05, 4.69) is 24.1 Å². The third kappa shape index (κ3) is 4.10. The number of nitrogens with one attached hydrogen (secondary N) is 1. The van der Waals surface area contributed by atoms with Crippen LogP contribution in [-0.4, -0.2) is 48.2 Å². The summed E-state index contributed by atoms with van der Waals surface area (Å²) >= 11 is 0. The van der Waals surface area contributed by atoms with Crippen LogP contribution in [0.4, 0.5) is 0 Å². The highest BCUT2D eigenvalue weighted by Gasteiger charge is 2.28. The van der Waals surface area contributed by atoms with Gasteiger partial charge in [0, 0.05) is 6.54 Å². The SMILES string of the molecule is CCNC(CN1CCC(C)(C)CC1)C(=O)O. The number of rotatable bonds is 5. The van der Waals surface area contributed by atoms with Crippen molar-refractivity contribution in [3.05, 3.63) is 0 Å². The zero-order chi connectivity index (χ0) is 12.2. The van der Waals surface area contributed by atoms with Crippen LogP contribution in [-0.2, 0) is 4.79 Å². The van der Waals surface area contributed by atoms with Crippen LogP contribution in [0.3, 0.4) is 0 Å². The van der Waals surface area contributed by atoms with Gasteiger partial charge in [0.1, 0.15) is 6.04 Å². The van der Waals surface area contributed by atoms with Gasteiger partial charge in [0.25, 0.3) is 0 Å². The predicted molar refractivity (Wildman–Crippen MR) is 64.6 cm³/mol. The van der Waals surface area contributed by atoms with Crippen LogP contribution in [0.2, 0.25) is 0 Å². The van der Waals surface area contributed by atoms with Crippen LogP contribution < -0.4 is 5.32 Å². The van der Waals surface area contributed by atoms with Crippen LogP contribution in [0.15, 0.2) is 0 Å². The molecule has 0 aromatic rings. The minimum absolute atomic E-state index is 0.424. The molecule has 0 radical (unpaired) electrons. The molecule has 0 spiro atoms. The van der Waals surface area contributed by atoms with Gasteiger partial charge in [-0.05, 0) is 37.9 Å². The van der Waals surface area contributed by atoms with Crippen molar-refractivity contribution in [3.63, 3.8) is 0 Å². The Kier molecular flexibility index (Phi) is 4.74. The maximum Gasteiger partial charge on any atom is 0.322 e. The summed E-state index contributed by atoms with van der Waals surface area (Å²) in [4.78, 5) is 13.3. The van der Waals surface area contributed by atoms with Gasteiger partial charge in [0.2, 0.25) is 0 Å². The summed E-state index contributed by atoms with van der Waals surface area (Å²) in [5, 5.41) is 12.1. The Morgan fingerprint density at radius 3 is 2.44 bits per heavy atom. The molecule has 0 amide bonds. The number of piperidine rings is 1. The zero-order valence-electron chi connectivity index (χ0n) is 10.6. The zero-order valence-corrected chi connectivity index (χ0v) is 10.6. The van der Waals surface area contributed by atoms with E-state index >= 15 is 0 Å². The molecule has 1 aliphatic heterocycles. The standard InChI is InChI=1S/C12H24N2O2/c1-4-13-10(11(15)16)9-14-7-5-12(2,3)6-8-14/h10,13H,4-9H2,1-3H3,(H,15,16). The molecular weight excluding hydrogens is 204 g/mol. The fourth-order valence-corrected chi connectivity index (χ4v) is 2.08. The van der Waals surface area contributed by atoms with Crippen molar-refractivity contribution < 1.29 is 9.90 Å². The number of likely N-dealkylation sites (tertiary alicyclic amines) is 1. The number of carbonyl (C=O) groups is 1. The van der Waals surface area contributed by atoms with E-state index in [1.54, 1.807) is 0 Å². The van der Waals surface area contributed by atoms with E-state index in [1.165, 1.54) is 0 Å². The first-order chi connectivity index (χ1) is 7.44. The highest BCUT2D eigenvalue weighted by atomic mass is 16.4. The predicted octanol–water partition coefficient (Wildman–Crippen LogP) is 1.17. The summed E-state index contributed by atoms with van der Waals surface area (Å²) in [7, 11) is 0. The molecule has 1 unspecified atom stereocenters. The Labute approximate surface area is 98.0 Å². The molecule has 1 atom stereocenters. The molecule has 0 aliphatic carbocycles. The quantitative estimate of drug-likeness (QED) is 0.741. The molecule has 2 N–H and O–H groups in total. The first kappa shape index (κ1) is 13.5. The van der Waals surface area contributed by atoms with Gasteiger partial charge in [0.05, 0.1) is 0 Å². The average molecular weight is 228 g/mol. The normalized spacial score (nSPS) is 22.9. The summed E-state index contributed by atoms with van der Waals surface area (Å²) in [6, 6.07) is -0.425. The summed E-state index contributed by atoms with van der Waals surface area (Å²) in [6.45, 7) is 9.86.